The number of nitrogens with one attached hydrogen (secondary N) is 1. The van der Waals surface area contributed by atoms with Crippen LogP contribution in [0.15, 0.2) is 47.8 Å². The molecule has 1 atom stereocenters. The molecule has 0 spiro atoms. The molecule has 0 fully saturated rings. The molecule has 2 nitrogen and oxygen atoms in total. The van der Waals surface area contributed by atoms with E-state index in [2.05, 4.69) is 5.32 Å². The molecule has 3 aromatic rings. The summed E-state index contributed by atoms with van der Waals surface area (Å²) >= 11 is 9.18. The minimum atomic E-state index is -0.0540. The fraction of sp³-hybridized carbons (Fsp3) is 0.188. The Kier molecular flexibility index (Phi) is 4.58. The second-order valence-corrected chi connectivity index (χ2v) is 7.11. The maximum absolute atomic E-state index is 12.3. The predicted molar refractivity (Wildman–Crippen MR) is 91.8 cm³/mol. The number of hydrogen-bond donors (Lipinski definition) is 1. The van der Waals surface area contributed by atoms with E-state index in [0.29, 0.717) is 5.88 Å². The molecule has 2 aromatic heterocycles. The van der Waals surface area contributed by atoms with Gasteiger partial charge in [-0.3, -0.25) is 4.79 Å². The number of thiophene rings is 2. The SMILES string of the molecule is O=C(NC(CCl)Cc1ccccc1)c1cc2sccc2s1. The minimum absolute atomic E-state index is 0.0371. The Morgan fingerprint density at radius 2 is 2.00 bits per heavy atom. The summed E-state index contributed by atoms with van der Waals surface area (Å²) in [4.78, 5) is 13.1. The van der Waals surface area contributed by atoms with Crippen molar-refractivity contribution >= 4 is 49.6 Å². The maximum atomic E-state index is 12.3. The summed E-state index contributed by atoms with van der Waals surface area (Å²) in [5.41, 5.74) is 1.18. The number of fused-ring (bicyclic) bond motifs is 1. The first-order valence-electron chi connectivity index (χ1n) is 6.64. The van der Waals surface area contributed by atoms with Crippen LogP contribution in [-0.2, 0) is 6.42 Å². The molecule has 0 radical (unpaired) electrons. The average Bonchev–Trinajstić information content (AvgIpc) is 3.08. The lowest BCUT2D eigenvalue weighted by Gasteiger charge is -2.15. The summed E-state index contributed by atoms with van der Waals surface area (Å²) in [7, 11) is 0. The Labute approximate surface area is 136 Å². The average molecular weight is 336 g/mol. The summed E-state index contributed by atoms with van der Waals surface area (Å²) in [5, 5.41) is 5.07. The minimum Gasteiger partial charge on any atom is -0.347 e. The molecule has 108 valence electrons. The predicted octanol–water partition coefficient (Wildman–Crippen LogP) is 4.54. The van der Waals surface area contributed by atoms with E-state index in [1.54, 1.807) is 11.3 Å². The summed E-state index contributed by atoms with van der Waals surface area (Å²) in [6.45, 7) is 0. The van der Waals surface area contributed by atoms with Gasteiger partial charge in [-0.05, 0) is 29.5 Å². The molecule has 1 unspecified atom stereocenters. The lowest BCUT2D eigenvalue weighted by molar-refractivity contribution is 0.0945. The molecule has 0 aliphatic rings. The first kappa shape index (κ1) is 14.6. The van der Waals surface area contributed by atoms with E-state index in [4.69, 9.17) is 11.6 Å². The second-order valence-electron chi connectivity index (χ2n) is 4.77. The summed E-state index contributed by atoms with van der Waals surface area (Å²) in [6, 6.07) is 14.0. The molecule has 21 heavy (non-hydrogen) atoms. The van der Waals surface area contributed by atoms with Gasteiger partial charge in [-0.15, -0.1) is 34.3 Å². The summed E-state index contributed by atoms with van der Waals surface area (Å²) in [6.07, 6.45) is 0.746. The smallest absolute Gasteiger partial charge is 0.261 e. The third kappa shape index (κ3) is 3.46. The molecule has 3 rings (SSSR count). The van der Waals surface area contributed by atoms with E-state index in [1.807, 2.05) is 47.8 Å². The number of hydrogen-bond acceptors (Lipinski definition) is 3. The van der Waals surface area contributed by atoms with E-state index >= 15 is 0 Å². The van der Waals surface area contributed by atoms with Crippen LogP contribution in [0.5, 0.6) is 0 Å². The van der Waals surface area contributed by atoms with Crippen molar-refractivity contribution in [3.63, 3.8) is 0 Å². The number of carbonyl (C=O) groups is 1. The lowest BCUT2D eigenvalue weighted by Crippen LogP contribution is -2.37. The van der Waals surface area contributed by atoms with Crippen molar-refractivity contribution in [2.24, 2.45) is 0 Å². The van der Waals surface area contributed by atoms with Crippen molar-refractivity contribution in [3.05, 3.63) is 58.3 Å². The van der Waals surface area contributed by atoms with Crippen LogP contribution in [0.4, 0.5) is 0 Å². The fourth-order valence-corrected chi connectivity index (χ4v) is 4.38. The molecule has 1 N–H and O–H groups in total. The molecule has 2 heterocycles. The fourth-order valence-electron chi connectivity index (χ4n) is 2.18. The number of carbonyl (C=O) groups excluding carboxylic acids is 1. The third-order valence-corrected chi connectivity index (χ3v) is 5.67. The van der Waals surface area contributed by atoms with Crippen LogP contribution in [0.2, 0.25) is 0 Å². The highest BCUT2D eigenvalue weighted by atomic mass is 35.5. The standard InChI is InChI=1S/C16H14ClNOS2/c17-10-12(8-11-4-2-1-3-5-11)18-16(19)15-9-14-13(21-15)6-7-20-14/h1-7,9,12H,8,10H2,(H,18,19). The topological polar surface area (TPSA) is 29.1 Å². The Balaban J connectivity index is 1.68. The van der Waals surface area contributed by atoms with Crippen LogP contribution in [0, 0.1) is 0 Å². The van der Waals surface area contributed by atoms with Crippen molar-refractivity contribution in [1.29, 1.82) is 0 Å². The first-order chi connectivity index (χ1) is 10.3. The van der Waals surface area contributed by atoms with E-state index in [1.165, 1.54) is 16.9 Å². The van der Waals surface area contributed by atoms with Gasteiger partial charge < -0.3 is 5.32 Å². The number of halogens is 1. The Morgan fingerprint density at radius 1 is 1.19 bits per heavy atom. The van der Waals surface area contributed by atoms with Gasteiger partial charge in [0.1, 0.15) is 0 Å². The lowest BCUT2D eigenvalue weighted by atomic mass is 10.1. The molecule has 1 amide bonds. The molecule has 0 saturated heterocycles. The van der Waals surface area contributed by atoms with E-state index < -0.39 is 0 Å². The summed E-state index contributed by atoms with van der Waals surface area (Å²) in [5.74, 6) is 0.366. The van der Waals surface area contributed by atoms with Gasteiger partial charge in [0.25, 0.3) is 5.91 Å². The van der Waals surface area contributed by atoms with Crippen LogP contribution in [0.3, 0.4) is 0 Å². The zero-order valence-electron chi connectivity index (χ0n) is 11.2. The zero-order chi connectivity index (χ0) is 14.7. The molecule has 5 heteroatoms. The van der Waals surface area contributed by atoms with Gasteiger partial charge in [0, 0.05) is 21.3 Å². The highest BCUT2D eigenvalue weighted by molar-refractivity contribution is 7.27. The van der Waals surface area contributed by atoms with Crippen LogP contribution in [0.1, 0.15) is 15.2 Å². The van der Waals surface area contributed by atoms with Gasteiger partial charge in [-0.25, -0.2) is 0 Å². The number of rotatable bonds is 5. The Hall–Kier alpha value is -1.36. The first-order valence-corrected chi connectivity index (χ1v) is 8.87. The molecule has 0 aliphatic heterocycles. The van der Waals surface area contributed by atoms with E-state index in [0.717, 1.165) is 20.7 Å². The second kappa shape index (κ2) is 6.60. The highest BCUT2D eigenvalue weighted by Gasteiger charge is 2.16. The van der Waals surface area contributed by atoms with Crippen LogP contribution in [-0.4, -0.2) is 17.8 Å². The van der Waals surface area contributed by atoms with Crippen molar-refractivity contribution < 1.29 is 4.79 Å². The highest BCUT2D eigenvalue weighted by Crippen LogP contribution is 2.29. The van der Waals surface area contributed by atoms with Crippen LogP contribution < -0.4 is 5.32 Å². The number of alkyl halides is 1. The Morgan fingerprint density at radius 3 is 2.71 bits per heavy atom. The molecule has 0 saturated carbocycles. The van der Waals surface area contributed by atoms with Gasteiger partial charge in [-0.1, -0.05) is 30.3 Å². The molecular weight excluding hydrogens is 322 g/mol. The van der Waals surface area contributed by atoms with Gasteiger partial charge in [-0.2, -0.15) is 0 Å². The van der Waals surface area contributed by atoms with E-state index in [9.17, 15) is 4.79 Å². The monoisotopic (exact) mass is 335 g/mol. The number of amides is 1. The molecule has 0 aliphatic carbocycles. The number of benzene rings is 1. The Bertz CT molecular complexity index is 706. The van der Waals surface area contributed by atoms with Gasteiger partial charge in [0.2, 0.25) is 0 Å². The molecule has 1 aromatic carbocycles. The quantitative estimate of drug-likeness (QED) is 0.681. The van der Waals surface area contributed by atoms with E-state index in [-0.39, 0.29) is 11.9 Å². The van der Waals surface area contributed by atoms with Crippen molar-refractivity contribution in [2.45, 2.75) is 12.5 Å². The largest absolute Gasteiger partial charge is 0.347 e. The van der Waals surface area contributed by atoms with Gasteiger partial charge in [0.15, 0.2) is 0 Å². The van der Waals surface area contributed by atoms with Crippen molar-refractivity contribution in [2.75, 3.05) is 5.88 Å². The molecular formula is C16H14ClNOS2. The van der Waals surface area contributed by atoms with Crippen LogP contribution in [0.25, 0.3) is 9.40 Å². The normalized spacial score (nSPS) is 12.4. The molecule has 0 bridgehead atoms. The van der Waals surface area contributed by atoms with Crippen molar-refractivity contribution in [1.82, 2.24) is 5.32 Å². The maximum Gasteiger partial charge on any atom is 0.261 e. The summed E-state index contributed by atoms with van der Waals surface area (Å²) < 4.78 is 2.33. The van der Waals surface area contributed by atoms with Crippen molar-refractivity contribution in [3.8, 4) is 0 Å². The van der Waals surface area contributed by atoms with Crippen LogP contribution >= 0.6 is 34.3 Å². The zero-order valence-corrected chi connectivity index (χ0v) is 13.6. The van der Waals surface area contributed by atoms with Gasteiger partial charge >= 0.3 is 0 Å². The third-order valence-electron chi connectivity index (χ3n) is 3.21. The van der Waals surface area contributed by atoms with Gasteiger partial charge in [0.05, 0.1) is 4.88 Å².